The molecular weight excluding hydrogens is 1900 g/mol. The second-order valence-electron chi connectivity index (χ2n) is 31.4. The highest BCUT2D eigenvalue weighted by Crippen LogP contribution is 2.34. The van der Waals surface area contributed by atoms with Gasteiger partial charge in [0.15, 0.2) is 5.78 Å². The Morgan fingerprint density at radius 1 is 0.388 bits per heavy atom. The molecule has 3 saturated heterocycles. The molecule has 3 fully saturated rings. The van der Waals surface area contributed by atoms with E-state index in [0.29, 0.717) is 157 Å². The van der Waals surface area contributed by atoms with Crippen molar-refractivity contribution in [1.29, 1.82) is 0 Å². The van der Waals surface area contributed by atoms with Gasteiger partial charge in [-0.05, 0) is 155 Å². The molecule has 0 radical (unpaired) electrons. The number of halogens is 3. The third-order valence-electron chi connectivity index (χ3n) is 20.8. The number of ether oxygens (including phenoxy) is 10. The van der Waals surface area contributed by atoms with E-state index in [4.69, 9.17) is 47.4 Å². The predicted molar refractivity (Wildman–Crippen MR) is 541 cm³/mol. The minimum Gasteiger partial charge on any atom is -0.497 e. The number of carbonyl (C=O) groups excluding carboxylic acids is 7. The molecule has 0 spiro atoms. The molecule has 8 aromatic heterocycles. The fraction of sp³-hybridized carbons (Fsp3) is 0.204. The first kappa shape index (κ1) is 107. The molecule has 0 saturated carbocycles. The molecule has 41 nitrogen and oxygen atoms in total. The van der Waals surface area contributed by atoms with Gasteiger partial charge < -0.3 is 105 Å². The Morgan fingerprint density at radius 2 is 0.748 bits per heavy atom. The number of rotatable bonds is 37. The lowest BCUT2D eigenvalue weighted by Crippen LogP contribution is -2.43. The standard InChI is InChI=1S/C25H24FN5O4.C21H19N5O4.C20H19N5O3.C19H21FN4O3.C18H20FN5O3/c1-2-22(32)28-17-6-4-9-20(15-17)35-24-21(26)16-27-25(30-24)29-18-7-3-8-19(14-18)34-13-12-31-11-5-10-23(31)33;1-4-18(28)24-14-6-5-7-16(10-14)30-20-17(13(2)27)12-23-21(26-20)25-15-8-9-19(29-3)22-11-15;1-4-17(26)23-14-6-5-7-16(10-14)28-19-13(2)11-22-20(25-19)24-15-8-9-18(27-3)21-12-15;1-3-17(25)24-9-5-8-15(12-24)27-18-16(20)11-21-19(23-18)22-13-6-4-7-14(10-13)26-2;1-3-16(25)24-8-4-5-13(11-24)27-17-14(19)10-21-18(23-17)22-12-6-7-15(26-2)20-9-12/h2-4,6-9,14-16H,1,5,10-13H2,(H,28,32)(H,27,29,30);4-12H,1H2,2-3H3,(H,24,28)(H,23,25,26);4-12H,1H2,2-3H3,(H,23,26)(H,22,24,25);3-4,6-7,10-11,15H,1,5,8-9,12H2,2H3,(H,21,22,23);3,6-7,9-10,13H,1,4-5,8,11H2,2H3,(H,21,22,23)/t;;;15-;/m...1./s1. The number of hydrogen-bond acceptors (Lipinski definition) is 35. The molecule has 147 heavy (non-hydrogen) atoms. The highest BCUT2D eigenvalue weighted by molar-refractivity contribution is 6.00. The van der Waals surface area contributed by atoms with Crippen LogP contribution in [0.5, 0.6) is 75.8 Å². The molecule has 2 atom stereocenters. The van der Waals surface area contributed by atoms with Crippen LogP contribution in [0.2, 0.25) is 0 Å². The Balaban J connectivity index is 0.000000164. The maximum atomic E-state index is 14.3. The molecule has 13 aromatic rings. The van der Waals surface area contributed by atoms with Crippen molar-refractivity contribution < 1.29 is 94.1 Å². The maximum Gasteiger partial charge on any atom is 0.260 e. The van der Waals surface area contributed by atoms with Gasteiger partial charge in [0.2, 0.25) is 112 Å². The summed E-state index contributed by atoms with van der Waals surface area (Å²) in [6, 6.07) is 44.9. The first-order valence-electron chi connectivity index (χ1n) is 45.3. The van der Waals surface area contributed by atoms with Crippen LogP contribution in [0, 0.1) is 24.4 Å². The Bertz CT molecular complexity index is 6810. The highest BCUT2D eigenvalue weighted by atomic mass is 19.1. The fourth-order valence-electron chi connectivity index (χ4n) is 13.6. The average molecular weight is 2010 g/mol. The van der Waals surface area contributed by atoms with Crippen LogP contribution in [-0.2, 0) is 28.8 Å². The summed E-state index contributed by atoms with van der Waals surface area (Å²) in [5, 5.41) is 22.9. The number of Topliss-reactive ketones (excluding diaryl/α,β-unsaturated/α-hetero) is 1. The van der Waals surface area contributed by atoms with Gasteiger partial charge in [-0.1, -0.05) is 63.2 Å². The van der Waals surface area contributed by atoms with Crippen molar-refractivity contribution in [3.05, 3.63) is 299 Å². The number of aryl methyl sites for hydroxylation is 1. The molecule has 6 amide bonds. The molecule has 3 aliphatic rings. The summed E-state index contributed by atoms with van der Waals surface area (Å²) in [5.41, 5.74) is 5.85. The fourth-order valence-corrected chi connectivity index (χ4v) is 13.6. The summed E-state index contributed by atoms with van der Waals surface area (Å²) in [6.45, 7) is 24.2. The zero-order chi connectivity index (χ0) is 105. The van der Waals surface area contributed by atoms with Crippen LogP contribution in [0.25, 0.3) is 0 Å². The largest absolute Gasteiger partial charge is 0.497 e. The van der Waals surface area contributed by atoms with Gasteiger partial charge in [0.1, 0.15) is 47.6 Å². The van der Waals surface area contributed by atoms with Crippen LogP contribution in [0.3, 0.4) is 0 Å². The number of methoxy groups -OCH3 is 4. The smallest absolute Gasteiger partial charge is 0.260 e. The second kappa shape index (κ2) is 54.1. The Hall–Kier alpha value is -19.1. The lowest BCUT2D eigenvalue weighted by Gasteiger charge is -2.32. The number of likely N-dealkylation sites (tertiary alicyclic amines) is 3. The lowest BCUT2D eigenvalue weighted by atomic mass is 10.1. The number of carbonyl (C=O) groups is 7. The zero-order valence-electron chi connectivity index (χ0n) is 80.6. The summed E-state index contributed by atoms with van der Waals surface area (Å²) < 4.78 is 97.2. The molecule has 16 rings (SSSR count). The number of amides is 6. The number of anilines is 13. The van der Waals surface area contributed by atoms with Crippen LogP contribution < -0.4 is 89.9 Å². The lowest BCUT2D eigenvalue weighted by molar-refractivity contribution is -0.129. The van der Waals surface area contributed by atoms with Crippen LogP contribution in [0.4, 0.5) is 88.4 Å². The predicted octanol–water partition coefficient (Wildman–Crippen LogP) is 17.1. The van der Waals surface area contributed by atoms with Crippen molar-refractivity contribution in [3.8, 4) is 75.8 Å². The third-order valence-corrected chi connectivity index (χ3v) is 20.8. The third kappa shape index (κ3) is 33.3. The summed E-state index contributed by atoms with van der Waals surface area (Å²) in [7, 11) is 6.18. The molecule has 1 unspecified atom stereocenters. The molecule has 0 aliphatic carbocycles. The van der Waals surface area contributed by atoms with Crippen molar-refractivity contribution in [1.82, 2.24) is 79.5 Å². The van der Waals surface area contributed by atoms with Gasteiger partial charge in [-0.2, -0.15) is 38.1 Å². The van der Waals surface area contributed by atoms with E-state index in [1.165, 1.54) is 51.6 Å². The van der Waals surface area contributed by atoms with E-state index in [2.05, 4.69) is 140 Å². The molecule has 8 N–H and O–H groups in total. The molecular formula is C103H103F3N24O17. The number of ketones is 1. The number of nitrogens with one attached hydrogen (secondary N) is 8. The van der Waals surface area contributed by atoms with E-state index in [9.17, 15) is 46.7 Å². The second-order valence-corrected chi connectivity index (χ2v) is 31.4. The van der Waals surface area contributed by atoms with Gasteiger partial charge in [-0.3, -0.25) is 33.6 Å². The van der Waals surface area contributed by atoms with E-state index >= 15 is 0 Å². The van der Waals surface area contributed by atoms with Crippen LogP contribution in [0.15, 0.2) is 271 Å². The Kier molecular flexibility index (Phi) is 39.3. The topological polar surface area (TPSA) is 485 Å². The molecule has 44 heteroatoms. The number of pyridine rings is 3. The highest BCUT2D eigenvalue weighted by Gasteiger charge is 2.29. The molecule has 3 aliphatic heterocycles. The zero-order valence-corrected chi connectivity index (χ0v) is 80.6. The normalized spacial score (nSPS) is 13.1. The number of piperidine rings is 2. The molecule has 5 aromatic carbocycles. The van der Waals surface area contributed by atoms with Crippen molar-refractivity contribution in [2.45, 2.75) is 64.6 Å². The molecule has 758 valence electrons. The van der Waals surface area contributed by atoms with Gasteiger partial charge in [0.05, 0.1) is 108 Å². The summed E-state index contributed by atoms with van der Waals surface area (Å²) >= 11 is 0. The number of aromatic nitrogens is 13. The number of benzene rings is 5. The Morgan fingerprint density at radius 3 is 1.14 bits per heavy atom. The first-order valence-corrected chi connectivity index (χ1v) is 45.3. The maximum absolute atomic E-state index is 14.3. The van der Waals surface area contributed by atoms with Gasteiger partial charge >= 0.3 is 0 Å². The van der Waals surface area contributed by atoms with Crippen molar-refractivity contribution in [2.24, 2.45) is 0 Å². The van der Waals surface area contributed by atoms with E-state index in [-0.39, 0.29) is 112 Å². The summed E-state index contributed by atoms with van der Waals surface area (Å²) in [4.78, 5) is 140. The van der Waals surface area contributed by atoms with Gasteiger partial charge in [-0.15, -0.1) is 0 Å². The molecule has 11 heterocycles. The van der Waals surface area contributed by atoms with E-state index in [1.807, 2.05) is 25.1 Å². The van der Waals surface area contributed by atoms with Crippen molar-refractivity contribution in [3.63, 3.8) is 0 Å². The van der Waals surface area contributed by atoms with Gasteiger partial charge in [0.25, 0.3) is 17.6 Å². The minimum atomic E-state index is -0.746. The van der Waals surface area contributed by atoms with Crippen molar-refractivity contribution in [2.75, 3.05) is 117 Å². The first-order chi connectivity index (χ1) is 71.2. The number of nitrogens with zero attached hydrogens (tertiary/aromatic N) is 16. The van der Waals surface area contributed by atoms with Crippen molar-refractivity contribution >= 4 is 116 Å². The van der Waals surface area contributed by atoms with Crippen LogP contribution in [-0.4, -0.2) is 207 Å². The average Bonchev–Trinajstić information content (AvgIpc) is 1.39. The summed E-state index contributed by atoms with van der Waals surface area (Å²) in [6.07, 6.45) is 20.7. The quantitative estimate of drug-likeness (QED) is 0.0132. The van der Waals surface area contributed by atoms with E-state index in [1.54, 1.807) is 187 Å². The monoisotopic (exact) mass is 2000 g/mol. The number of hydrogen-bond donors (Lipinski definition) is 8. The Labute approximate surface area is 842 Å². The SMILES string of the molecule is C=CC(=O)N1CCCC(Oc2nc(Nc3ccc(OC)nc3)ncc2F)C1.C=CC(=O)N1CCC[C@@H](Oc2nc(Nc3cccc(OC)c3)ncc2F)C1.C=CC(=O)Nc1cccc(Oc2nc(Nc3ccc(OC)nc3)ncc2C(C)=O)c1.C=CC(=O)Nc1cccc(Oc2nc(Nc3ccc(OC)nc3)ncc2C)c1.C=CC(=O)Nc1cccc(Oc2nc(Nc3cccc(OCCN4CCCC4=O)c3)ncc2F)c1. The van der Waals surface area contributed by atoms with E-state index < -0.39 is 17.5 Å². The van der Waals surface area contributed by atoms with Crippen LogP contribution in [0.1, 0.15) is 61.4 Å². The van der Waals surface area contributed by atoms with Gasteiger partial charge in [0, 0.05) is 121 Å². The molecule has 0 bridgehead atoms. The summed E-state index contributed by atoms with van der Waals surface area (Å²) in [5.74, 6) is 1.40. The van der Waals surface area contributed by atoms with Crippen LogP contribution >= 0.6 is 0 Å². The minimum absolute atomic E-state index is 0.0775. The van der Waals surface area contributed by atoms with E-state index in [0.717, 1.165) is 62.1 Å². The van der Waals surface area contributed by atoms with Gasteiger partial charge in [-0.25, -0.2) is 39.9 Å².